The number of hydrogen-bond acceptors (Lipinski definition) is 6. The molecule has 0 aliphatic rings. The van der Waals surface area contributed by atoms with Gasteiger partial charge in [-0.3, -0.25) is 4.79 Å². The van der Waals surface area contributed by atoms with Crippen LogP contribution in [-0.4, -0.2) is 44.2 Å². The van der Waals surface area contributed by atoms with Crippen LogP contribution < -0.4 is 26.1 Å². The summed E-state index contributed by atoms with van der Waals surface area (Å²) in [5.41, 5.74) is 18.8. The van der Waals surface area contributed by atoms with E-state index in [1.54, 1.807) is 12.1 Å². The summed E-state index contributed by atoms with van der Waals surface area (Å²) in [5.74, 6) is 0.681. The highest BCUT2D eigenvalue weighted by Crippen LogP contribution is 2.27. The van der Waals surface area contributed by atoms with Crippen LogP contribution in [0.15, 0.2) is 66.9 Å². The van der Waals surface area contributed by atoms with Gasteiger partial charge >= 0.3 is 5.97 Å². The van der Waals surface area contributed by atoms with Crippen LogP contribution in [0.25, 0.3) is 16.9 Å². The molecule has 0 aliphatic carbocycles. The first-order valence-electron chi connectivity index (χ1n) is 14.0. The largest absolute Gasteiger partial charge is 0.496 e. The van der Waals surface area contributed by atoms with E-state index in [-0.39, 0.29) is 5.92 Å². The number of H-pyrrole nitrogens is 1. The van der Waals surface area contributed by atoms with Gasteiger partial charge in [-0.15, -0.1) is 0 Å². The second-order valence-corrected chi connectivity index (χ2v) is 10.4. The summed E-state index contributed by atoms with van der Waals surface area (Å²) >= 11 is 0. The Hall–Kier alpha value is -4.47. The molecule has 1 heterocycles. The molecule has 0 radical (unpaired) electrons. The maximum absolute atomic E-state index is 12.1. The molecule has 220 valence electrons. The first-order chi connectivity index (χ1) is 20.3. The second kappa shape index (κ2) is 13.9. The Balaban J connectivity index is 1.54. The minimum atomic E-state index is -0.446. The van der Waals surface area contributed by atoms with E-state index >= 15 is 0 Å². The van der Waals surface area contributed by atoms with Gasteiger partial charge in [0.25, 0.3) is 5.82 Å². The highest BCUT2D eigenvalue weighted by atomic mass is 16.5. The number of benzene rings is 3. The number of esters is 1. The van der Waals surface area contributed by atoms with E-state index in [4.69, 9.17) is 20.9 Å². The van der Waals surface area contributed by atoms with Gasteiger partial charge in [-0.1, -0.05) is 36.4 Å². The van der Waals surface area contributed by atoms with Crippen molar-refractivity contribution in [3.05, 3.63) is 101 Å². The van der Waals surface area contributed by atoms with E-state index in [1.807, 2.05) is 56.4 Å². The standard InChI is InChI=1S/C33H39N5O4/c1-21-15-26(31(35)39)16-22(2)30(21)38-28(24-9-6-5-7-10-24)20-37-32(38)25(18-34)11-8-14-36-19-23-12-13-29(41-3)27(17-23)33(40)42-4/h5-7,9-10,12-13,15-17,20,25,36H,8,11,14,18-19,34H2,1-4H3,(H2,35,39)/p+1/t25-/m1/s1. The Morgan fingerprint density at radius 2 is 1.74 bits per heavy atom. The molecule has 1 atom stereocenters. The summed E-state index contributed by atoms with van der Waals surface area (Å²) in [4.78, 5) is 27.6. The molecule has 0 saturated heterocycles. The molecular weight excluding hydrogens is 530 g/mol. The van der Waals surface area contributed by atoms with Crippen LogP contribution in [0.1, 0.15) is 62.0 Å². The molecule has 1 aromatic heterocycles. The summed E-state index contributed by atoms with van der Waals surface area (Å²) in [7, 11) is 2.89. The topological polar surface area (TPSA) is 136 Å². The van der Waals surface area contributed by atoms with Gasteiger partial charge in [0.15, 0.2) is 5.69 Å². The molecule has 0 spiro atoms. The summed E-state index contributed by atoms with van der Waals surface area (Å²) in [5, 5.41) is 3.47. The monoisotopic (exact) mass is 570 g/mol. The zero-order chi connectivity index (χ0) is 30.2. The number of carbonyl (C=O) groups is 2. The van der Waals surface area contributed by atoms with Crippen LogP contribution in [0.5, 0.6) is 5.75 Å². The Labute approximate surface area is 246 Å². The van der Waals surface area contributed by atoms with Gasteiger partial charge < -0.3 is 26.3 Å². The van der Waals surface area contributed by atoms with Gasteiger partial charge in [0.2, 0.25) is 5.91 Å². The molecule has 9 heteroatoms. The fourth-order valence-corrected chi connectivity index (χ4v) is 5.42. The molecule has 3 aromatic carbocycles. The predicted molar refractivity (Wildman–Crippen MR) is 163 cm³/mol. The van der Waals surface area contributed by atoms with Gasteiger partial charge in [-0.2, -0.15) is 4.57 Å². The van der Waals surface area contributed by atoms with E-state index in [0.29, 0.717) is 30.0 Å². The average Bonchev–Trinajstić information content (AvgIpc) is 3.42. The fourth-order valence-electron chi connectivity index (χ4n) is 5.42. The third kappa shape index (κ3) is 6.70. The molecule has 4 aromatic rings. The lowest BCUT2D eigenvalue weighted by Gasteiger charge is -2.16. The first-order valence-corrected chi connectivity index (χ1v) is 14.0. The SMILES string of the molecule is COC(=O)c1cc(CNCCC[C@H](CN)c2[nH]cc(-c3ccccc3)[n+]2-c2c(C)cc(C(N)=O)cc2C)ccc1OC. The first kappa shape index (κ1) is 30.5. The van der Waals surface area contributed by atoms with Crippen molar-refractivity contribution in [3.8, 4) is 22.7 Å². The number of amides is 1. The van der Waals surface area contributed by atoms with Crippen LogP contribution >= 0.6 is 0 Å². The van der Waals surface area contributed by atoms with Crippen molar-refractivity contribution >= 4 is 11.9 Å². The fraction of sp³-hybridized carbons (Fsp3) is 0.303. The number of aryl methyl sites for hydroxylation is 2. The Bertz CT molecular complexity index is 1520. The molecular formula is C33H40N5O4+. The summed E-state index contributed by atoms with van der Waals surface area (Å²) in [6.07, 6.45) is 3.76. The normalized spacial score (nSPS) is 11.7. The minimum absolute atomic E-state index is 0.0609. The maximum atomic E-state index is 12.1. The van der Waals surface area contributed by atoms with Gasteiger partial charge in [0.05, 0.1) is 20.1 Å². The van der Waals surface area contributed by atoms with Gasteiger partial charge in [0, 0.05) is 24.2 Å². The Morgan fingerprint density at radius 1 is 1.02 bits per heavy atom. The number of methoxy groups -OCH3 is 2. The number of ether oxygens (including phenoxy) is 2. The van der Waals surface area contributed by atoms with Crippen molar-refractivity contribution in [1.29, 1.82) is 0 Å². The van der Waals surface area contributed by atoms with Gasteiger partial charge in [0.1, 0.15) is 23.2 Å². The molecule has 4 rings (SSSR count). The number of nitrogens with two attached hydrogens (primary N) is 2. The van der Waals surface area contributed by atoms with E-state index in [2.05, 4.69) is 27.0 Å². The molecule has 0 unspecified atom stereocenters. The van der Waals surface area contributed by atoms with Crippen LogP contribution in [0.2, 0.25) is 0 Å². The van der Waals surface area contributed by atoms with Crippen LogP contribution in [0.4, 0.5) is 0 Å². The molecule has 0 saturated carbocycles. The number of primary amides is 1. The number of aromatic nitrogens is 2. The van der Waals surface area contributed by atoms with E-state index in [0.717, 1.165) is 58.8 Å². The number of hydrogen-bond donors (Lipinski definition) is 4. The van der Waals surface area contributed by atoms with Crippen LogP contribution in [-0.2, 0) is 11.3 Å². The van der Waals surface area contributed by atoms with Crippen LogP contribution in [0, 0.1) is 13.8 Å². The number of rotatable bonds is 13. The molecule has 42 heavy (non-hydrogen) atoms. The third-order valence-corrected chi connectivity index (χ3v) is 7.48. The zero-order valence-corrected chi connectivity index (χ0v) is 24.7. The van der Waals surface area contributed by atoms with Crippen molar-refractivity contribution in [2.45, 2.75) is 39.2 Å². The molecule has 0 fully saturated rings. The van der Waals surface area contributed by atoms with E-state index in [9.17, 15) is 9.59 Å². The lowest BCUT2D eigenvalue weighted by Crippen LogP contribution is -2.40. The highest BCUT2D eigenvalue weighted by Gasteiger charge is 2.30. The van der Waals surface area contributed by atoms with Crippen LogP contribution in [0.3, 0.4) is 0 Å². The van der Waals surface area contributed by atoms with E-state index in [1.165, 1.54) is 14.2 Å². The quantitative estimate of drug-likeness (QED) is 0.109. The number of imidazole rings is 1. The van der Waals surface area contributed by atoms with Crippen molar-refractivity contribution < 1.29 is 23.6 Å². The number of carbonyl (C=O) groups excluding carboxylic acids is 2. The molecule has 0 aliphatic heterocycles. The zero-order valence-electron chi connectivity index (χ0n) is 24.7. The third-order valence-electron chi connectivity index (χ3n) is 7.48. The summed E-state index contributed by atoms with van der Waals surface area (Å²) < 4.78 is 12.4. The summed E-state index contributed by atoms with van der Waals surface area (Å²) in [6.45, 7) is 5.84. The summed E-state index contributed by atoms with van der Waals surface area (Å²) in [6, 6.07) is 19.4. The smallest absolute Gasteiger partial charge is 0.341 e. The van der Waals surface area contributed by atoms with Crippen molar-refractivity contribution in [1.82, 2.24) is 10.3 Å². The molecule has 1 amide bonds. The Morgan fingerprint density at radius 3 is 2.36 bits per heavy atom. The average molecular weight is 571 g/mol. The van der Waals surface area contributed by atoms with E-state index < -0.39 is 11.9 Å². The molecule has 9 nitrogen and oxygen atoms in total. The number of aromatic amines is 1. The van der Waals surface area contributed by atoms with Crippen molar-refractivity contribution in [3.63, 3.8) is 0 Å². The van der Waals surface area contributed by atoms with Crippen molar-refractivity contribution in [2.75, 3.05) is 27.3 Å². The predicted octanol–water partition coefficient (Wildman–Crippen LogP) is 4.08. The van der Waals surface area contributed by atoms with Crippen molar-refractivity contribution in [2.24, 2.45) is 11.5 Å². The lowest BCUT2D eigenvalue weighted by molar-refractivity contribution is -0.594. The molecule has 6 N–H and O–H groups in total. The highest BCUT2D eigenvalue weighted by molar-refractivity contribution is 5.93. The molecule has 0 bridgehead atoms. The van der Waals surface area contributed by atoms with Gasteiger partial charge in [-0.25, -0.2) is 9.78 Å². The second-order valence-electron chi connectivity index (χ2n) is 10.4. The number of nitrogens with zero attached hydrogens (tertiary/aromatic N) is 1. The maximum Gasteiger partial charge on any atom is 0.341 e. The lowest BCUT2D eigenvalue weighted by atomic mass is 9.99. The Kier molecular flexibility index (Phi) is 10.1. The minimum Gasteiger partial charge on any atom is -0.496 e. The number of nitrogens with one attached hydrogen (secondary N) is 2. The van der Waals surface area contributed by atoms with Gasteiger partial charge in [-0.05, 0) is 74.2 Å².